The molecule has 8 nitrogen and oxygen atoms in total. The van der Waals surface area contributed by atoms with E-state index in [0.717, 1.165) is 52.9 Å². The summed E-state index contributed by atoms with van der Waals surface area (Å²) < 4.78 is 6.31. The van der Waals surface area contributed by atoms with Gasteiger partial charge in [-0.05, 0) is 49.6 Å². The second-order valence-corrected chi connectivity index (χ2v) is 10.8. The van der Waals surface area contributed by atoms with Gasteiger partial charge >= 0.3 is 0 Å². The van der Waals surface area contributed by atoms with Gasteiger partial charge in [-0.1, -0.05) is 47.8 Å². The standard InChI is InChI=1S/C30H27N5O3S/c1-18-6-4-7-22(18)29(37)35(30-33-31-17-39-30)25-8-5-9-26-23(25)16-21-14-15-24(32-27(21)38-26)19-10-12-20(13-11-19)28(36)34(2)3/h5,8-15,17,22H,1,4,6-7,16H2,2-3H3. The molecule has 3 heterocycles. The number of nitrogens with zero attached hydrogens (tertiary/aromatic N) is 5. The van der Waals surface area contributed by atoms with Crippen LogP contribution in [0.1, 0.15) is 40.7 Å². The summed E-state index contributed by atoms with van der Waals surface area (Å²) in [6.45, 7) is 4.15. The molecule has 1 saturated carbocycles. The largest absolute Gasteiger partial charge is 0.438 e. The van der Waals surface area contributed by atoms with Crippen LogP contribution in [0.15, 0.2) is 72.3 Å². The van der Waals surface area contributed by atoms with Crippen LogP contribution in [0.25, 0.3) is 11.3 Å². The van der Waals surface area contributed by atoms with Crippen molar-refractivity contribution in [1.82, 2.24) is 20.1 Å². The van der Waals surface area contributed by atoms with Gasteiger partial charge in [0.05, 0.1) is 17.3 Å². The van der Waals surface area contributed by atoms with Gasteiger partial charge in [-0.15, -0.1) is 10.2 Å². The van der Waals surface area contributed by atoms with Crippen molar-refractivity contribution < 1.29 is 14.3 Å². The molecule has 2 aromatic carbocycles. The molecule has 9 heteroatoms. The maximum Gasteiger partial charge on any atom is 0.253 e. The molecular formula is C30H27N5O3S. The number of hydrogen-bond acceptors (Lipinski definition) is 7. The molecule has 0 radical (unpaired) electrons. The lowest BCUT2D eigenvalue weighted by Gasteiger charge is -2.28. The van der Waals surface area contributed by atoms with E-state index in [4.69, 9.17) is 9.72 Å². The summed E-state index contributed by atoms with van der Waals surface area (Å²) in [6.07, 6.45) is 3.18. The van der Waals surface area contributed by atoms with Gasteiger partial charge in [0.2, 0.25) is 16.9 Å². The highest BCUT2D eigenvalue weighted by atomic mass is 32.1. The van der Waals surface area contributed by atoms with Crippen molar-refractivity contribution in [2.24, 2.45) is 5.92 Å². The summed E-state index contributed by atoms with van der Waals surface area (Å²) in [4.78, 5) is 34.1. The van der Waals surface area contributed by atoms with E-state index in [1.54, 1.807) is 41.5 Å². The Bertz CT molecular complexity index is 1580. The van der Waals surface area contributed by atoms with E-state index >= 15 is 0 Å². The Morgan fingerprint density at radius 2 is 1.90 bits per heavy atom. The SMILES string of the molecule is C=C1CCCC1C(=O)N(c1nncs1)c1cccc2c1Cc1ccc(-c3ccc(C(=O)N(C)C)cc3)nc1O2. The number of carbonyl (C=O) groups excluding carboxylic acids is 2. The molecule has 6 rings (SSSR count). The van der Waals surface area contributed by atoms with Crippen LogP contribution in [0.2, 0.25) is 0 Å². The number of carbonyl (C=O) groups is 2. The highest BCUT2D eigenvalue weighted by Gasteiger charge is 2.35. The van der Waals surface area contributed by atoms with Gasteiger partial charge < -0.3 is 9.64 Å². The summed E-state index contributed by atoms with van der Waals surface area (Å²) in [5.74, 6) is 0.880. The Labute approximate surface area is 230 Å². The number of pyridine rings is 1. The van der Waals surface area contributed by atoms with Gasteiger partial charge in [0.25, 0.3) is 5.91 Å². The Kier molecular flexibility index (Phi) is 6.44. The Morgan fingerprint density at radius 1 is 1.08 bits per heavy atom. The van der Waals surface area contributed by atoms with Crippen LogP contribution in [0.5, 0.6) is 11.6 Å². The van der Waals surface area contributed by atoms with Crippen LogP contribution in [-0.2, 0) is 11.2 Å². The molecule has 39 heavy (non-hydrogen) atoms. The monoisotopic (exact) mass is 537 g/mol. The van der Waals surface area contributed by atoms with Gasteiger partial charge in [0.15, 0.2) is 0 Å². The highest BCUT2D eigenvalue weighted by molar-refractivity contribution is 7.13. The lowest BCUT2D eigenvalue weighted by Crippen LogP contribution is -2.33. The minimum Gasteiger partial charge on any atom is -0.438 e. The van der Waals surface area contributed by atoms with Crippen molar-refractivity contribution in [3.63, 3.8) is 0 Å². The summed E-state index contributed by atoms with van der Waals surface area (Å²) in [5, 5.41) is 8.77. The van der Waals surface area contributed by atoms with Crippen molar-refractivity contribution in [2.45, 2.75) is 25.7 Å². The number of benzene rings is 2. The fraction of sp³-hybridized carbons (Fsp3) is 0.233. The predicted molar refractivity (Wildman–Crippen MR) is 151 cm³/mol. The molecule has 1 aliphatic carbocycles. The lowest BCUT2D eigenvalue weighted by molar-refractivity contribution is -0.120. The zero-order valence-electron chi connectivity index (χ0n) is 21.8. The van der Waals surface area contributed by atoms with Gasteiger partial charge in [0, 0.05) is 42.8 Å². The zero-order valence-corrected chi connectivity index (χ0v) is 22.6. The number of aromatic nitrogens is 3. The molecule has 2 amide bonds. The molecule has 1 fully saturated rings. The number of hydrogen-bond donors (Lipinski definition) is 0. The van der Waals surface area contributed by atoms with E-state index in [-0.39, 0.29) is 17.7 Å². The third-order valence-electron chi connectivity index (χ3n) is 7.24. The Morgan fingerprint density at radius 3 is 2.59 bits per heavy atom. The molecule has 196 valence electrons. The smallest absolute Gasteiger partial charge is 0.253 e. The maximum absolute atomic E-state index is 13.8. The average Bonchev–Trinajstić information content (AvgIpc) is 3.63. The van der Waals surface area contributed by atoms with E-state index in [0.29, 0.717) is 28.7 Å². The van der Waals surface area contributed by atoms with Gasteiger partial charge in [-0.3, -0.25) is 14.5 Å². The summed E-state index contributed by atoms with van der Waals surface area (Å²) in [5.41, 5.74) is 7.43. The van der Waals surface area contributed by atoms with Crippen LogP contribution in [0.4, 0.5) is 10.8 Å². The first-order valence-electron chi connectivity index (χ1n) is 12.8. The van der Waals surface area contributed by atoms with Crippen molar-refractivity contribution in [2.75, 3.05) is 19.0 Å². The van der Waals surface area contributed by atoms with Crippen LogP contribution in [-0.4, -0.2) is 46.0 Å². The minimum absolute atomic E-state index is 0.0295. The normalized spacial score (nSPS) is 15.7. The number of amides is 2. The first-order valence-corrected chi connectivity index (χ1v) is 13.7. The van der Waals surface area contributed by atoms with Crippen LogP contribution >= 0.6 is 11.3 Å². The second-order valence-electron chi connectivity index (χ2n) is 9.97. The molecule has 0 saturated heterocycles. The van der Waals surface area contributed by atoms with E-state index in [9.17, 15) is 9.59 Å². The molecule has 1 aliphatic heterocycles. The van der Waals surface area contributed by atoms with Crippen LogP contribution in [0, 0.1) is 5.92 Å². The first kappa shape index (κ1) is 24.9. The van der Waals surface area contributed by atoms with Gasteiger partial charge in [-0.2, -0.15) is 0 Å². The van der Waals surface area contributed by atoms with Crippen molar-refractivity contribution in [3.05, 3.63) is 89.0 Å². The minimum atomic E-state index is -0.231. The summed E-state index contributed by atoms with van der Waals surface area (Å²) >= 11 is 1.33. The van der Waals surface area contributed by atoms with Crippen LogP contribution in [0.3, 0.4) is 0 Å². The molecular weight excluding hydrogens is 510 g/mol. The van der Waals surface area contributed by atoms with Crippen molar-refractivity contribution >= 4 is 34.0 Å². The quantitative estimate of drug-likeness (QED) is 0.255. The van der Waals surface area contributed by atoms with Gasteiger partial charge in [-0.25, -0.2) is 4.98 Å². The predicted octanol–water partition coefficient (Wildman–Crippen LogP) is 6.02. The first-order chi connectivity index (χ1) is 18.9. The fourth-order valence-electron chi connectivity index (χ4n) is 5.17. The molecule has 2 aromatic heterocycles. The topological polar surface area (TPSA) is 88.5 Å². The van der Waals surface area contributed by atoms with Crippen molar-refractivity contribution in [3.8, 4) is 22.9 Å². The summed E-state index contributed by atoms with van der Waals surface area (Å²) in [6, 6.07) is 17.1. The Balaban J connectivity index is 1.33. The molecule has 1 atom stereocenters. The number of ether oxygens (including phenoxy) is 1. The third-order valence-corrected chi connectivity index (χ3v) is 7.91. The van der Waals surface area contributed by atoms with E-state index in [2.05, 4.69) is 16.8 Å². The molecule has 2 aliphatic rings. The number of anilines is 2. The molecule has 0 N–H and O–H groups in total. The van der Waals surface area contributed by atoms with E-state index in [1.165, 1.54) is 11.3 Å². The average molecular weight is 538 g/mol. The molecule has 0 bridgehead atoms. The number of rotatable bonds is 5. The lowest BCUT2D eigenvalue weighted by atomic mass is 9.97. The third kappa shape index (κ3) is 4.59. The fourth-order valence-corrected chi connectivity index (χ4v) is 5.75. The van der Waals surface area contributed by atoms with Gasteiger partial charge in [0.1, 0.15) is 11.3 Å². The van der Waals surface area contributed by atoms with E-state index in [1.807, 2.05) is 42.5 Å². The maximum atomic E-state index is 13.8. The van der Waals surface area contributed by atoms with Crippen molar-refractivity contribution in [1.29, 1.82) is 0 Å². The molecule has 0 spiro atoms. The van der Waals surface area contributed by atoms with Crippen LogP contribution < -0.4 is 9.64 Å². The molecule has 4 aromatic rings. The summed E-state index contributed by atoms with van der Waals surface area (Å²) in [7, 11) is 3.46. The Hall–Kier alpha value is -4.37. The number of fused-ring (bicyclic) bond motifs is 2. The highest BCUT2D eigenvalue weighted by Crippen LogP contribution is 2.44. The zero-order chi connectivity index (χ0) is 27.1. The molecule has 1 unspecified atom stereocenters. The van der Waals surface area contributed by atoms with E-state index < -0.39 is 0 Å². The second kappa shape index (κ2) is 10.1.